The third kappa shape index (κ3) is 3.46. The number of nitrogens with one attached hydrogen (secondary N) is 1. The molecule has 0 atom stereocenters. The molecule has 1 saturated heterocycles. The average Bonchev–Trinajstić information content (AvgIpc) is 2.98. The van der Waals surface area contributed by atoms with Gasteiger partial charge in [0.1, 0.15) is 16.7 Å². The highest BCUT2D eigenvalue weighted by atomic mass is 32.2. The fourth-order valence-electron chi connectivity index (χ4n) is 3.09. The van der Waals surface area contributed by atoms with E-state index in [0.29, 0.717) is 10.7 Å². The number of carbonyl (C=O) groups excluding carboxylic acids is 2. The van der Waals surface area contributed by atoms with Gasteiger partial charge in [-0.1, -0.05) is 49.2 Å². The van der Waals surface area contributed by atoms with Gasteiger partial charge in [0.15, 0.2) is 0 Å². The van der Waals surface area contributed by atoms with Gasteiger partial charge in [-0.15, -0.1) is 0 Å². The topological polar surface area (TPSA) is 73.2 Å². The van der Waals surface area contributed by atoms with Crippen LogP contribution in [0.4, 0.5) is 5.69 Å². The first kappa shape index (κ1) is 16.6. The molecule has 0 spiro atoms. The van der Waals surface area contributed by atoms with Crippen molar-refractivity contribution < 1.29 is 9.59 Å². The van der Waals surface area contributed by atoms with Crippen molar-refractivity contribution in [2.24, 2.45) is 0 Å². The molecule has 1 N–H and O–H groups in total. The van der Waals surface area contributed by atoms with Crippen LogP contribution in [-0.2, 0) is 9.59 Å². The molecular formula is C18H19N3O2S. The number of para-hydroxylation sites is 1. The third-order valence-corrected chi connectivity index (χ3v) is 5.34. The van der Waals surface area contributed by atoms with Gasteiger partial charge in [0, 0.05) is 11.7 Å². The van der Waals surface area contributed by atoms with Crippen LogP contribution in [0.15, 0.2) is 40.9 Å². The lowest BCUT2D eigenvalue weighted by molar-refractivity contribution is -0.118. The van der Waals surface area contributed by atoms with Gasteiger partial charge in [0.2, 0.25) is 5.91 Å². The summed E-state index contributed by atoms with van der Waals surface area (Å²) in [6, 6.07) is 11.3. The zero-order valence-electron chi connectivity index (χ0n) is 13.3. The first-order valence-electron chi connectivity index (χ1n) is 8.16. The molecule has 1 aromatic carbocycles. The van der Waals surface area contributed by atoms with Crippen molar-refractivity contribution in [2.45, 2.75) is 38.1 Å². The molecule has 1 aliphatic heterocycles. The molecule has 2 aliphatic rings. The summed E-state index contributed by atoms with van der Waals surface area (Å²) >= 11 is 1.25. The minimum absolute atomic E-state index is 0.0280. The van der Waals surface area contributed by atoms with Crippen LogP contribution < -0.4 is 10.2 Å². The molecule has 6 heteroatoms. The number of nitrogens with zero attached hydrogens (tertiary/aromatic N) is 2. The van der Waals surface area contributed by atoms with Gasteiger partial charge < -0.3 is 5.32 Å². The molecule has 124 valence electrons. The zero-order valence-corrected chi connectivity index (χ0v) is 14.1. The van der Waals surface area contributed by atoms with Gasteiger partial charge in [-0.2, -0.15) is 5.26 Å². The summed E-state index contributed by atoms with van der Waals surface area (Å²) in [5.74, 6) is -0.242. The molecular weight excluding hydrogens is 322 g/mol. The Morgan fingerprint density at radius 1 is 1.21 bits per heavy atom. The molecule has 2 fully saturated rings. The highest BCUT2D eigenvalue weighted by Gasteiger charge is 2.33. The first-order valence-corrected chi connectivity index (χ1v) is 9.15. The van der Waals surface area contributed by atoms with E-state index < -0.39 is 0 Å². The molecule has 1 aromatic rings. The molecule has 3 rings (SSSR count). The lowest BCUT2D eigenvalue weighted by Gasteiger charge is -2.23. The molecule has 0 aromatic heterocycles. The lowest BCUT2D eigenvalue weighted by atomic mass is 9.95. The predicted molar refractivity (Wildman–Crippen MR) is 94.0 cm³/mol. The maximum Gasteiger partial charge on any atom is 0.264 e. The van der Waals surface area contributed by atoms with E-state index in [0.717, 1.165) is 25.7 Å². The van der Waals surface area contributed by atoms with E-state index in [2.05, 4.69) is 5.32 Å². The number of hydrogen-bond acceptors (Lipinski definition) is 4. The Balaban J connectivity index is 1.87. The van der Waals surface area contributed by atoms with Crippen molar-refractivity contribution in [1.82, 2.24) is 5.32 Å². The van der Waals surface area contributed by atoms with Crippen LogP contribution in [0, 0.1) is 11.3 Å². The number of carbonyl (C=O) groups is 2. The summed E-state index contributed by atoms with van der Waals surface area (Å²) < 4.78 is 0. The SMILES string of the molecule is N#C/C(C(=O)NC1CCCCC1)=C1\SCC(=O)N1c1ccccc1. The van der Waals surface area contributed by atoms with Gasteiger partial charge in [-0.3, -0.25) is 14.5 Å². The summed E-state index contributed by atoms with van der Waals surface area (Å²) in [7, 11) is 0. The number of nitriles is 1. The zero-order chi connectivity index (χ0) is 16.9. The van der Waals surface area contributed by atoms with Gasteiger partial charge in [-0.25, -0.2) is 0 Å². The Morgan fingerprint density at radius 2 is 1.92 bits per heavy atom. The maximum atomic E-state index is 12.6. The predicted octanol–water partition coefficient (Wildman–Crippen LogP) is 2.95. The fraction of sp³-hybridized carbons (Fsp3) is 0.389. The van der Waals surface area contributed by atoms with E-state index >= 15 is 0 Å². The summed E-state index contributed by atoms with van der Waals surface area (Å²) in [4.78, 5) is 26.3. The molecule has 1 heterocycles. The van der Waals surface area contributed by atoms with Crippen LogP contribution in [0.1, 0.15) is 32.1 Å². The van der Waals surface area contributed by atoms with Crippen molar-refractivity contribution in [1.29, 1.82) is 5.26 Å². The summed E-state index contributed by atoms with van der Waals surface area (Å²) in [6.45, 7) is 0. The third-order valence-electron chi connectivity index (χ3n) is 4.29. The number of rotatable bonds is 3. The van der Waals surface area contributed by atoms with E-state index in [-0.39, 0.29) is 29.2 Å². The van der Waals surface area contributed by atoms with Crippen molar-refractivity contribution >= 4 is 29.3 Å². The number of anilines is 1. The molecule has 2 amide bonds. The Bertz CT molecular complexity index is 703. The van der Waals surface area contributed by atoms with E-state index in [4.69, 9.17) is 0 Å². The molecule has 0 bridgehead atoms. The van der Waals surface area contributed by atoms with Crippen LogP contribution in [0.2, 0.25) is 0 Å². The van der Waals surface area contributed by atoms with Crippen LogP contribution >= 0.6 is 11.8 Å². The smallest absolute Gasteiger partial charge is 0.264 e. The van der Waals surface area contributed by atoms with Crippen molar-refractivity contribution in [3.05, 3.63) is 40.9 Å². The second-order valence-electron chi connectivity index (χ2n) is 5.95. The molecule has 0 radical (unpaired) electrons. The van der Waals surface area contributed by atoms with E-state index in [1.165, 1.54) is 23.1 Å². The normalized spacial score (nSPS) is 20.6. The second-order valence-corrected chi connectivity index (χ2v) is 6.92. The highest BCUT2D eigenvalue weighted by Crippen LogP contribution is 2.36. The number of benzene rings is 1. The monoisotopic (exact) mass is 341 g/mol. The largest absolute Gasteiger partial charge is 0.349 e. The Labute approximate surface area is 145 Å². The van der Waals surface area contributed by atoms with Gasteiger partial charge >= 0.3 is 0 Å². The Morgan fingerprint density at radius 3 is 2.58 bits per heavy atom. The van der Waals surface area contributed by atoms with Crippen LogP contribution in [-0.4, -0.2) is 23.6 Å². The Kier molecular flexibility index (Phi) is 5.21. The fourth-order valence-corrected chi connectivity index (χ4v) is 4.10. The van der Waals surface area contributed by atoms with Gasteiger partial charge in [0.25, 0.3) is 5.91 Å². The first-order chi connectivity index (χ1) is 11.7. The number of thioether (sulfide) groups is 1. The second kappa shape index (κ2) is 7.54. The quantitative estimate of drug-likeness (QED) is 0.678. The lowest BCUT2D eigenvalue weighted by Crippen LogP contribution is -2.38. The summed E-state index contributed by atoms with van der Waals surface area (Å²) in [6.07, 6.45) is 5.31. The summed E-state index contributed by atoms with van der Waals surface area (Å²) in [5, 5.41) is 12.9. The van der Waals surface area contributed by atoms with Gasteiger partial charge in [-0.05, 0) is 25.0 Å². The molecule has 24 heavy (non-hydrogen) atoms. The van der Waals surface area contributed by atoms with Crippen molar-refractivity contribution in [3.63, 3.8) is 0 Å². The molecule has 1 aliphatic carbocycles. The van der Waals surface area contributed by atoms with Crippen molar-refractivity contribution in [2.75, 3.05) is 10.7 Å². The highest BCUT2D eigenvalue weighted by molar-refractivity contribution is 8.04. The van der Waals surface area contributed by atoms with Crippen LogP contribution in [0.3, 0.4) is 0 Å². The van der Waals surface area contributed by atoms with Crippen molar-refractivity contribution in [3.8, 4) is 6.07 Å². The van der Waals surface area contributed by atoms with E-state index in [1.807, 2.05) is 24.3 Å². The standard InChI is InChI=1S/C18H19N3O2S/c19-11-15(17(23)20-13-7-3-1-4-8-13)18-21(16(22)12-24-18)14-9-5-2-6-10-14/h2,5-6,9-10,13H,1,3-4,7-8,12H2,(H,20,23)/b18-15+. The maximum absolute atomic E-state index is 12.6. The molecule has 1 saturated carbocycles. The van der Waals surface area contributed by atoms with Crippen LogP contribution in [0.25, 0.3) is 0 Å². The van der Waals surface area contributed by atoms with E-state index in [1.54, 1.807) is 12.1 Å². The summed E-state index contributed by atoms with van der Waals surface area (Å²) in [5.41, 5.74) is 0.709. The minimum Gasteiger partial charge on any atom is -0.349 e. The van der Waals surface area contributed by atoms with Crippen LogP contribution in [0.5, 0.6) is 0 Å². The molecule has 5 nitrogen and oxygen atoms in total. The average molecular weight is 341 g/mol. The number of hydrogen-bond donors (Lipinski definition) is 1. The Hall–Kier alpha value is -2.26. The van der Waals surface area contributed by atoms with E-state index in [9.17, 15) is 14.9 Å². The number of amides is 2. The molecule has 0 unspecified atom stereocenters. The minimum atomic E-state index is -0.373. The van der Waals surface area contributed by atoms with Gasteiger partial charge in [0.05, 0.1) is 5.75 Å².